The zero-order chi connectivity index (χ0) is 18.9. The Bertz CT molecular complexity index is 1180. The van der Waals surface area contributed by atoms with Crippen LogP contribution in [0.2, 0.25) is 5.02 Å². The van der Waals surface area contributed by atoms with Gasteiger partial charge in [-0.15, -0.1) is 0 Å². The number of halogens is 1. The minimum Gasteiger partial charge on any atom is -0.455 e. The molecule has 0 aliphatic heterocycles. The SMILES string of the molecule is O=S(=O)(Cc1ccc(-c2nc(-c3cccc(Cl)c3)no2)o1)c1ccccc1. The summed E-state index contributed by atoms with van der Waals surface area (Å²) < 4.78 is 35.7. The van der Waals surface area contributed by atoms with Gasteiger partial charge in [-0.2, -0.15) is 4.98 Å². The number of benzene rings is 2. The third-order valence-corrected chi connectivity index (χ3v) is 5.71. The molecule has 27 heavy (non-hydrogen) atoms. The highest BCUT2D eigenvalue weighted by Crippen LogP contribution is 2.26. The van der Waals surface area contributed by atoms with E-state index in [0.29, 0.717) is 22.2 Å². The van der Waals surface area contributed by atoms with Crippen LogP contribution in [-0.2, 0) is 15.6 Å². The lowest BCUT2D eigenvalue weighted by Crippen LogP contribution is -2.03. The summed E-state index contributed by atoms with van der Waals surface area (Å²) in [7, 11) is -3.50. The molecule has 4 aromatic rings. The van der Waals surface area contributed by atoms with Crippen molar-refractivity contribution in [1.82, 2.24) is 10.1 Å². The van der Waals surface area contributed by atoms with Crippen molar-refractivity contribution < 1.29 is 17.4 Å². The Kier molecular flexibility index (Phi) is 4.55. The highest BCUT2D eigenvalue weighted by Gasteiger charge is 2.19. The molecule has 4 rings (SSSR count). The standard InChI is InChI=1S/C19H13ClN2O4S/c20-14-6-4-5-13(11-14)18-21-19(26-22-18)17-10-9-15(25-17)12-27(23,24)16-7-2-1-3-8-16/h1-11H,12H2. The molecule has 0 saturated heterocycles. The molecular weight excluding hydrogens is 388 g/mol. The lowest BCUT2D eigenvalue weighted by atomic mass is 10.2. The van der Waals surface area contributed by atoms with Crippen molar-refractivity contribution in [3.05, 3.63) is 77.5 Å². The summed E-state index contributed by atoms with van der Waals surface area (Å²) in [6, 6.07) is 18.5. The fourth-order valence-corrected chi connectivity index (χ4v) is 4.00. The quantitative estimate of drug-likeness (QED) is 0.485. The highest BCUT2D eigenvalue weighted by atomic mass is 35.5. The van der Waals surface area contributed by atoms with Crippen LogP contribution in [0.25, 0.3) is 23.0 Å². The van der Waals surface area contributed by atoms with Gasteiger partial charge in [0.25, 0.3) is 5.89 Å². The first-order valence-corrected chi connectivity index (χ1v) is 10.0. The number of nitrogens with zero attached hydrogens (tertiary/aromatic N) is 2. The maximum Gasteiger partial charge on any atom is 0.293 e. The van der Waals surface area contributed by atoms with Gasteiger partial charge >= 0.3 is 0 Å². The van der Waals surface area contributed by atoms with Crippen LogP contribution in [0.4, 0.5) is 0 Å². The monoisotopic (exact) mass is 400 g/mol. The van der Waals surface area contributed by atoms with Crippen LogP contribution in [0.3, 0.4) is 0 Å². The average molecular weight is 401 g/mol. The van der Waals surface area contributed by atoms with E-state index in [1.165, 1.54) is 0 Å². The summed E-state index contributed by atoms with van der Waals surface area (Å²) in [6.45, 7) is 0. The van der Waals surface area contributed by atoms with Gasteiger partial charge in [-0.3, -0.25) is 0 Å². The summed E-state index contributed by atoms with van der Waals surface area (Å²) in [5.74, 6) is 0.854. The Morgan fingerprint density at radius 3 is 2.56 bits per heavy atom. The maximum atomic E-state index is 12.4. The summed E-state index contributed by atoms with van der Waals surface area (Å²) in [5.41, 5.74) is 0.705. The minimum absolute atomic E-state index is 0.160. The Hall–Kier alpha value is -2.90. The topological polar surface area (TPSA) is 86.2 Å². The lowest BCUT2D eigenvalue weighted by Gasteiger charge is -2.01. The predicted molar refractivity (Wildman–Crippen MR) is 99.8 cm³/mol. The van der Waals surface area contributed by atoms with Gasteiger partial charge in [0, 0.05) is 10.6 Å². The van der Waals surface area contributed by atoms with E-state index in [1.54, 1.807) is 66.7 Å². The van der Waals surface area contributed by atoms with Gasteiger partial charge in [0.2, 0.25) is 5.82 Å². The molecule has 0 fully saturated rings. The molecule has 0 aliphatic rings. The molecule has 0 N–H and O–H groups in total. The van der Waals surface area contributed by atoms with Crippen molar-refractivity contribution in [1.29, 1.82) is 0 Å². The Morgan fingerprint density at radius 1 is 0.963 bits per heavy atom. The molecule has 136 valence electrons. The maximum absolute atomic E-state index is 12.4. The van der Waals surface area contributed by atoms with Gasteiger partial charge in [0.05, 0.1) is 4.90 Å². The number of furan rings is 1. The van der Waals surface area contributed by atoms with Gasteiger partial charge in [0.1, 0.15) is 11.5 Å². The van der Waals surface area contributed by atoms with Crippen molar-refractivity contribution in [2.75, 3.05) is 0 Å². The average Bonchev–Trinajstić information content (AvgIpc) is 3.31. The molecule has 0 radical (unpaired) electrons. The summed E-state index contributed by atoms with van der Waals surface area (Å²) in [4.78, 5) is 4.52. The van der Waals surface area contributed by atoms with Gasteiger partial charge < -0.3 is 8.94 Å². The van der Waals surface area contributed by atoms with Crippen molar-refractivity contribution in [2.45, 2.75) is 10.6 Å². The van der Waals surface area contributed by atoms with Crippen LogP contribution in [0, 0.1) is 0 Å². The number of sulfone groups is 1. The van der Waals surface area contributed by atoms with Gasteiger partial charge in [-0.05, 0) is 36.4 Å². The third-order valence-electron chi connectivity index (χ3n) is 3.82. The van der Waals surface area contributed by atoms with E-state index >= 15 is 0 Å². The van der Waals surface area contributed by atoms with E-state index in [0.717, 1.165) is 0 Å². The fourth-order valence-electron chi connectivity index (χ4n) is 2.54. The highest BCUT2D eigenvalue weighted by molar-refractivity contribution is 7.90. The molecule has 0 atom stereocenters. The molecule has 2 heterocycles. The van der Waals surface area contributed by atoms with E-state index in [1.807, 2.05) is 0 Å². The molecule has 0 bridgehead atoms. The van der Waals surface area contributed by atoms with Crippen LogP contribution >= 0.6 is 11.6 Å². The van der Waals surface area contributed by atoms with Crippen LogP contribution < -0.4 is 0 Å². The third kappa shape index (κ3) is 3.79. The van der Waals surface area contributed by atoms with Gasteiger partial charge in [-0.1, -0.05) is 47.1 Å². The molecule has 0 aliphatic carbocycles. The van der Waals surface area contributed by atoms with Gasteiger partial charge in [0.15, 0.2) is 15.6 Å². The zero-order valence-electron chi connectivity index (χ0n) is 13.9. The molecule has 0 unspecified atom stereocenters. The Balaban J connectivity index is 1.57. The second-order valence-corrected chi connectivity index (χ2v) is 8.20. The number of hydrogen-bond donors (Lipinski definition) is 0. The van der Waals surface area contributed by atoms with Crippen molar-refractivity contribution in [3.63, 3.8) is 0 Å². The van der Waals surface area contributed by atoms with Crippen LogP contribution in [0.5, 0.6) is 0 Å². The second kappa shape index (κ2) is 7.02. The normalized spacial score (nSPS) is 11.6. The van der Waals surface area contributed by atoms with Crippen molar-refractivity contribution in [3.8, 4) is 23.0 Å². The van der Waals surface area contributed by atoms with Gasteiger partial charge in [-0.25, -0.2) is 8.42 Å². The molecule has 8 heteroatoms. The van der Waals surface area contributed by atoms with E-state index in [-0.39, 0.29) is 22.3 Å². The Labute approximate surface area is 160 Å². The van der Waals surface area contributed by atoms with Crippen LogP contribution in [0.15, 0.2) is 80.6 Å². The Morgan fingerprint density at radius 2 is 1.78 bits per heavy atom. The predicted octanol–water partition coefficient (Wildman–Crippen LogP) is 4.62. The van der Waals surface area contributed by atoms with E-state index < -0.39 is 9.84 Å². The molecule has 0 spiro atoms. The summed E-state index contributed by atoms with van der Waals surface area (Å²) in [6.07, 6.45) is 0. The molecule has 6 nitrogen and oxygen atoms in total. The summed E-state index contributed by atoms with van der Waals surface area (Å²) >= 11 is 5.97. The largest absolute Gasteiger partial charge is 0.455 e. The minimum atomic E-state index is -3.50. The first-order chi connectivity index (χ1) is 13.0. The lowest BCUT2D eigenvalue weighted by molar-refractivity contribution is 0.413. The number of hydrogen-bond acceptors (Lipinski definition) is 6. The molecule has 0 amide bonds. The molecule has 2 aromatic carbocycles. The number of rotatable bonds is 5. The van der Waals surface area contributed by atoms with Crippen molar-refractivity contribution in [2.24, 2.45) is 0 Å². The van der Waals surface area contributed by atoms with Crippen LogP contribution in [-0.4, -0.2) is 18.6 Å². The van der Waals surface area contributed by atoms with E-state index in [9.17, 15) is 8.42 Å². The molecular formula is C19H13ClN2O4S. The van der Waals surface area contributed by atoms with Crippen molar-refractivity contribution >= 4 is 21.4 Å². The van der Waals surface area contributed by atoms with E-state index in [4.69, 9.17) is 20.5 Å². The first kappa shape index (κ1) is 17.5. The molecule has 2 aromatic heterocycles. The summed E-state index contributed by atoms with van der Waals surface area (Å²) in [5, 5.41) is 4.47. The molecule has 0 saturated carbocycles. The van der Waals surface area contributed by atoms with Crippen LogP contribution in [0.1, 0.15) is 5.76 Å². The number of aromatic nitrogens is 2. The first-order valence-electron chi connectivity index (χ1n) is 7.98. The zero-order valence-corrected chi connectivity index (χ0v) is 15.4. The van der Waals surface area contributed by atoms with E-state index in [2.05, 4.69) is 10.1 Å². The smallest absolute Gasteiger partial charge is 0.293 e. The second-order valence-electron chi connectivity index (χ2n) is 5.77. The fraction of sp³-hybridized carbons (Fsp3) is 0.0526.